The Labute approximate surface area is 69.1 Å². The molecule has 0 unspecified atom stereocenters. The summed E-state index contributed by atoms with van der Waals surface area (Å²) in [6.45, 7) is 4.00. The molecule has 0 fully saturated rings. The normalized spacial score (nSPS) is 9.17. The lowest BCUT2D eigenvalue weighted by Gasteiger charge is -1.84. The van der Waals surface area contributed by atoms with Crippen molar-refractivity contribution in [2.24, 2.45) is 0 Å². The van der Waals surface area contributed by atoms with Crippen LogP contribution in [0.2, 0.25) is 0 Å². The lowest BCUT2D eigenvalue weighted by molar-refractivity contribution is 0.899. The fourth-order valence-corrected chi connectivity index (χ4v) is 0.755. The van der Waals surface area contributed by atoms with Gasteiger partial charge in [-0.05, 0) is 0 Å². The average Bonchev–Trinajstić information content (AvgIpc) is 2.57. The van der Waals surface area contributed by atoms with Crippen molar-refractivity contribution in [1.82, 2.24) is 19.6 Å². The minimum Gasteiger partial charge on any atom is -0.278 e. The highest BCUT2D eigenvalue weighted by Gasteiger charge is 1.94. The minimum atomic E-state index is -0.150. The van der Waals surface area contributed by atoms with Gasteiger partial charge in [-0.2, -0.15) is 4.52 Å². The summed E-state index contributed by atoms with van der Waals surface area (Å²) in [4.78, 5) is 18.5. The molecule has 0 aliphatic carbocycles. The van der Waals surface area contributed by atoms with Crippen LogP contribution in [0.5, 0.6) is 0 Å². The fourth-order valence-electron chi connectivity index (χ4n) is 0.755. The van der Waals surface area contributed by atoms with Crippen molar-refractivity contribution in [2.75, 3.05) is 0 Å². The molecule has 0 amide bonds. The predicted molar refractivity (Wildman–Crippen MR) is 45.0 cm³/mol. The summed E-state index contributed by atoms with van der Waals surface area (Å²) in [6.07, 6.45) is 2.85. The first-order valence-electron chi connectivity index (χ1n) is 3.75. The van der Waals surface area contributed by atoms with Crippen molar-refractivity contribution in [3.63, 3.8) is 0 Å². The van der Waals surface area contributed by atoms with Gasteiger partial charge in [0.1, 0.15) is 6.33 Å². The summed E-state index contributed by atoms with van der Waals surface area (Å²) in [5.41, 5.74) is -0.150. The Hall–Kier alpha value is -1.65. The molecule has 0 aromatic carbocycles. The third kappa shape index (κ3) is 1.34. The van der Waals surface area contributed by atoms with Gasteiger partial charge in [-0.25, -0.2) is 9.97 Å². The molecular formula is C7H10N4O. The zero-order chi connectivity index (χ0) is 8.97. The Balaban J connectivity index is 0.000000336. The van der Waals surface area contributed by atoms with Crippen molar-refractivity contribution in [3.05, 3.63) is 28.9 Å². The molecule has 2 aromatic rings. The Bertz CT molecular complexity index is 403. The first-order valence-corrected chi connectivity index (χ1v) is 3.75. The van der Waals surface area contributed by atoms with Gasteiger partial charge >= 0.3 is 0 Å². The number of aromatic amines is 1. The molecule has 0 saturated carbocycles. The Kier molecular flexibility index (Phi) is 2.57. The van der Waals surface area contributed by atoms with Crippen molar-refractivity contribution in [1.29, 1.82) is 0 Å². The van der Waals surface area contributed by atoms with E-state index in [2.05, 4.69) is 15.1 Å². The van der Waals surface area contributed by atoms with E-state index in [0.717, 1.165) is 0 Å². The lowest BCUT2D eigenvalue weighted by atomic mass is 10.7. The van der Waals surface area contributed by atoms with Crippen LogP contribution in [-0.2, 0) is 0 Å². The summed E-state index contributed by atoms with van der Waals surface area (Å²) >= 11 is 0. The highest BCUT2D eigenvalue weighted by atomic mass is 16.1. The molecule has 12 heavy (non-hydrogen) atoms. The quantitative estimate of drug-likeness (QED) is 0.617. The highest BCUT2D eigenvalue weighted by Crippen LogP contribution is 1.82. The van der Waals surface area contributed by atoms with Crippen LogP contribution < -0.4 is 5.56 Å². The van der Waals surface area contributed by atoms with Crippen molar-refractivity contribution >= 4 is 5.78 Å². The van der Waals surface area contributed by atoms with Gasteiger partial charge in [0, 0.05) is 12.3 Å². The Morgan fingerprint density at radius 1 is 1.42 bits per heavy atom. The van der Waals surface area contributed by atoms with Gasteiger partial charge in [-0.3, -0.25) is 9.89 Å². The SMILES string of the molecule is CC.O=c1ccnc2nc[nH]n12. The molecule has 2 aromatic heterocycles. The second-order valence-electron chi connectivity index (χ2n) is 1.81. The molecule has 0 atom stereocenters. The lowest BCUT2D eigenvalue weighted by Crippen LogP contribution is -2.12. The Morgan fingerprint density at radius 2 is 2.17 bits per heavy atom. The third-order valence-electron chi connectivity index (χ3n) is 1.19. The number of fused-ring (bicyclic) bond motifs is 1. The summed E-state index contributed by atoms with van der Waals surface area (Å²) in [6, 6.07) is 1.37. The molecule has 0 spiro atoms. The molecule has 5 nitrogen and oxygen atoms in total. The van der Waals surface area contributed by atoms with Gasteiger partial charge in [-0.1, -0.05) is 13.8 Å². The maximum atomic E-state index is 10.9. The number of rotatable bonds is 0. The van der Waals surface area contributed by atoms with E-state index >= 15 is 0 Å². The highest BCUT2D eigenvalue weighted by molar-refractivity contribution is 5.22. The van der Waals surface area contributed by atoms with Crippen LogP contribution in [0.1, 0.15) is 13.8 Å². The zero-order valence-corrected chi connectivity index (χ0v) is 6.98. The van der Waals surface area contributed by atoms with Crippen molar-refractivity contribution in [2.45, 2.75) is 13.8 Å². The minimum absolute atomic E-state index is 0.150. The number of aromatic nitrogens is 4. The van der Waals surface area contributed by atoms with Gasteiger partial charge in [0.25, 0.3) is 11.3 Å². The molecule has 0 saturated heterocycles. The van der Waals surface area contributed by atoms with Gasteiger partial charge in [0.15, 0.2) is 0 Å². The van der Waals surface area contributed by atoms with Gasteiger partial charge in [0.05, 0.1) is 0 Å². The van der Waals surface area contributed by atoms with Crippen LogP contribution in [0.25, 0.3) is 5.78 Å². The average molecular weight is 166 g/mol. The van der Waals surface area contributed by atoms with Crippen molar-refractivity contribution < 1.29 is 0 Å². The molecule has 0 aliphatic heterocycles. The van der Waals surface area contributed by atoms with E-state index in [4.69, 9.17) is 0 Å². The van der Waals surface area contributed by atoms with Crippen LogP contribution in [0, 0.1) is 0 Å². The second-order valence-corrected chi connectivity index (χ2v) is 1.81. The van der Waals surface area contributed by atoms with Crippen LogP contribution >= 0.6 is 0 Å². The number of hydrogen-bond donors (Lipinski definition) is 1. The van der Waals surface area contributed by atoms with Crippen LogP contribution in [0.3, 0.4) is 0 Å². The first kappa shape index (κ1) is 8.45. The fraction of sp³-hybridized carbons (Fsp3) is 0.286. The number of hydrogen-bond acceptors (Lipinski definition) is 3. The van der Waals surface area contributed by atoms with E-state index in [1.807, 2.05) is 13.8 Å². The largest absolute Gasteiger partial charge is 0.278 e. The van der Waals surface area contributed by atoms with E-state index < -0.39 is 0 Å². The number of nitrogens with zero attached hydrogens (tertiary/aromatic N) is 3. The molecule has 0 bridgehead atoms. The predicted octanol–water partition coefficient (Wildman–Crippen LogP) is 0.444. The standard InChI is InChI=1S/C5H4N4O.C2H6/c10-4-1-2-6-5-7-3-8-9(4)5;1-2/h1-3H,(H,6,7,8);1-2H3. The molecule has 0 radical (unpaired) electrons. The van der Waals surface area contributed by atoms with Crippen molar-refractivity contribution in [3.8, 4) is 0 Å². The third-order valence-corrected chi connectivity index (χ3v) is 1.19. The van der Waals surface area contributed by atoms with E-state index in [1.54, 1.807) is 0 Å². The Morgan fingerprint density at radius 3 is 2.83 bits per heavy atom. The molecule has 2 rings (SSSR count). The molecule has 1 N–H and O–H groups in total. The first-order chi connectivity index (χ1) is 5.88. The van der Waals surface area contributed by atoms with Gasteiger partial charge in [0.2, 0.25) is 0 Å². The molecule has 2 heterocycles. The van der Waals surface area contributed by atoms with E-state index in [0.29, 0.717) is 5.78 Å². The monoisotopic (exact) mass is 166 g/mol. The number of H-pyrrole nitrogens is 1. The maximum Gasteiger partial charge on any atom is 0.273 e. The molecular weight excluding hydrogens is 156 g/mol. The van der Waals surface area contributed by atoms with Gasteiger partial charge < -0.3 is 0 Å². The molecule has 0 aliphatic rings. The van der Waals surface area contributed by atoms with E-state index in [9.17, 15) is 4.79 Å². The summed E-state index contributed by atoms with van der Waals surface area (Å²) in [5, 5.41) is 2.62. The summed E-state index contributed by atoms with van der Waals surface area (Å²) in [5.74, 6) is 0.396. The molecule has 5 heteroatoms. The summed E-state index contributed by atoms with van der Waals surface area (Å²) < 4.78 is 1.26. The zero-order valence-electron chi connectivity index (χ0n) is 6.98. The van der Waals surface area contributed by atoms with E-state index in [1.165, 1.54) is 23.1 Å². The molecule has 64 valence electrons. The van der Waals surface area contributed by atoms with E-state index in [-0.39, 0.29) is 5.56 Å². The van der Waals surface area contributed by atoms with Crippen LogP contribution in [0.4, 0.5) is 0 Å². The van der Waals surface area contributed by atoms with Gasteiger partial charge in [-0.15, -0.1) is 0 Å². The number of nitrogens with one attached hydrogen (secondary N) is 1. The van der Waals surface area contributed by atoms with Crippen LogP contribution in [0.15, 0.2) is 23.4 Å². The maximum absolute atomic E-state index is 10.9. The smallest absolute Gasteiger partial charge is 0.273 e. The summed E-state index contributed by atoms with van der Waals surface area (Å²) in [7, 11) is 0. The topological polar surface area (TPSA) is 63.0 Å². The second kappa shape index (κ2) is 3.66. The van der Waals surface area contributed by atoms with Crippen LogP contribution in [-0.4, -0.2) is 19.6 Å².